The van der Waals surface area contributed by atoms with Gasteiger partial charge in [0.25, 0.3) is 0 Å². The van der Waals surface area contributed by atoms with E-state index in [1.165, 1.54) is 26.2 Å². The molecular formula is C23H35N3O6S. The van der Waals surface area contributed by atoms with Crippen molar-refractivity contribution in [3.05, 3.63) is 29.8 Å². The first-order valence-electron chi connectivity index (χ1n) is 11.3. The van der Waals surface area contributed by atoms with Gasteiger partial charge in [-0.2, -0.15) is 4.72 Å². The van der Waals surface area contributed by atoms with Crippen LogP contribution in [-0.2, 0) is 29.1 Å². The standard InChI is InChI=1S/C23H35N3O6S/c1-6-16(3)20(23(29)32-5)24-21(27)18-11-13-26(14-12-18)22(28)17(4)25-33(30,31)19-9-7-15(2)8-10-19/h7-10,16-18,20,25H,6,11-14H2,1-5H3,(H,24,27)/t16-,17+,20+/m0/s1. The van der Waals surface area contributed by atoms with Gasteiger partial charge in [0.05, 0.1) is 18.0 Å². The van der Waals surface area contributed by atoms with E-state index in [1.807, 2.05) is 20.8 Å². The number of benzene rings is 1. The Hall–Kier alpha value is -2.46. The van der Waals surface area contributed by atoms with Crippen LogP contribution in [0.3, 0.4) is 0 Å². The van der Waals surface area contributed by atoms with Crippen molar-refractivity contribution in [2.45, 2.75) is 63.9 Å². The Kier molecular flexibility index (Phi) is 9.42. The van der Waals surface area contributed by atoms with Crippen LogP contribution in [-0.4, -0.2) is 63.4 Å². The lowest BCUT2D eigenvalue weighted by molar-refractivity contribution is -0.147. The van der Waals surface area contributed by atoms with Crippen molar-refractivity contribution in [2.75, 3.05) is 20.2 Å². The van der Waals surface area contributed by atoms with Gasteiger partial charge in [-0.1, -0.05) is 38.0 Å². The van der Waals surface area contributed by atoms with Crippen LogP contribution >= 0.6 is 0 Å². The number of aryl methyl sites for hydroxylation is 1. The van der Waals surface area contributed by atoms with Gasteiger partial charge in [-0.05, 0) is 44.7 Å². The fourth-order valence-corrected chi connectivity index (χ4v) is 4.97. The highest BCUT2D eigenvalue weighted by atomic mass is 32.2. The number of nitrogens with zero attached hydrogens (tertiary/aromatic N) is 1. The van der Waals surface area contributed by atoms with Gasteiger partial charge in [0.1, 0.15) is 6.04 Å². The van der Waals surface area contributed by atoms with Crippen molar-refractivity contribution in [2.24, 2.45) is 11.8 Å². The van der Waals surface area contributed by atoms with Crippen LogP contribution in [0.5, 0.6) is 0 Å². The summed E-state index contributed by atoms with van der Waals surface area (Å²) in [4.78, 5) is 39.2. The Morgan fingerprint density at radius 2 is 1.70 bits per heavy atom. The third kappa shape index (κ3) is 7.01. The molecule has 1 saturated heterocycles. The lowest BCUT2D eigenvalue weighted by Gasteiger charge is -2.34. The Labute approximate surface area is 196 Å². The Balaban J connectivity index is 1.92. The number of ether oxygens (including phenoxy) is 1. The Morgan fingerprint density at radius 3 is 2.21 bits per heavy atom. The molecule has 2 rings (SSSR count). The molecule has 0 aromatic heterocycles. The molecule has 10 heteroatoms. The minimum Gasteiger partial charge on any atom is -0.467 e. The molecule has 1 aromatic rings. The summed E-state index contributed by atoms with van der Waals surface area (Å²) in [6, 6.07) is 4.75. The largest absolute Gasteiger partial charge is 0.467 e. The molecule has 1 aromatic carbocycles. The summed E-state index contributed by atoms with van der Waals surface area (Å²) in [5.74, 6) is -1.43. The molecule has 9 nitrogen and oxygen atoms in total. The summed E-state index contributed by atoms with van der Waals surface area (Å²) in [5, 5.41) is 2.80. The number of amides is 2. The van der Waals surface area contributed by atoms with E-state index in [1.54, 1.807) is 17.0 Å². The van der Waals surface area contributed by atoms with E-state index in [4.69, 9.17) is 4.74 Å². The predicted molar refractivity (Wildman–Crippen MR) is 124 cm³/mol. The van der Waals surface area contributed by atoms with Crippen molar-refractivity contribution < 1.29 is 27.5 Å². The number of carbonyl (C=O) groups is 3. The van der Waals surface area contributed by atoms with E-state index in [0.29, 0.717) is 32.4 Å². The molecule has 0 saturated carbocycles. The van der Waals surface area contributed by atoms with Gasteiger partial charge in [-0.3, -0.25) is 9.59 Å². The van der Waals surface area contributed by atoms with Crippen LogP contribution in [0.1, 0.15) is 45.6 Å². The maximum Gasteiger partial charge on any atom is 0.328 e. The van der Waals surface area contributed by atoms with Crippen molar-refractivity contribution in [1.29, 1.82) is 0 Å². The van der Waals surface area contributed by atoms with Crippen molar-refractivity contribution in [3.63, 3.8) is 0 Å². The van der Waals surface area contributed by atoms with E-state index in [0.717, 1.165) is 5.56 Å². The number of nitrogens with one attached hydrogen (secondary N) is 2. The highest BCUT2D eigenvalue weighted by molar-refractivity contribution is 7.89. The van der Waals surface area contributed by atoms with Crippen molar-refractivity contribution in [3.8, 4) is 0 Å². The molecular weight excluding hydrogens is 446 g/mol. The van der Waals surface area contributed by atoms with Gasteiger partial charge < -0.3 is 15.0 Å². The highest BCUT2D eigenvalue weighted by Gasteiger charge is 2.34. The minimum atomic E-state index is -3.82. The second-order valence-corrected chi connectivity index (χ2v) is 10.4. The zero-order valence-corrected chi connectivity index (χ0v) is 20.8. The summed E-state index contributed by atoms with van der Waals surface area (Å²) in [6.07, 6.45) is 1.58. The van der Waals surface area contributed by atoms with Crippen LogP contribution in [0, 0.1) is 18.8 Å². The number of methoxy groups -OCH3 is 1. The first kappa shape index (κ1) is 26.8. The normalized spacial score (nSPS) is 17.7. The number of rotatable bonds is 9. The fourth-order valence-electron chi connectivity index (χ4n) is 3.77. The number of piperidine rings is 1. The second-order valence-electron chi connectivity index (χ2n) is 8.65. The molecule has 2 N–H and O–H groups in total. The van der Waals surface area contributed by atoms with E-state index in [-0.39, 0.29) is 28.5 Å². The van der Waals surface area contributed by atoms with E-state index in [9.17, 15) is 22.8 Å². The van der Waals surface area contributed by atoms with Crippen LogP contribution in [0.2, 0.25) is 0 Å². The molecule has 0 aliphatic carbocycles. The SMILES string of the molecule is CC[C@H](C)[C@@H](NC(=O)C1CCN(C(=O)[C@@H](C)NS(=O)(=O)c2ccc(C)cc2)CC1)C(=O)OC. The molecule has 0 spiro atoms. The maximum absolute atomic E-state index is 12.8. The van der Waals surface area contributed by atoms with Gasteiger partial charge in [0.15, 0.2) is 0 Å². The molecule has 1 aliphatic heterocycles. The zero-order valence-electron chi connectivity index (χ0n) is 20.0. The lowest BCUT2D eigenvalue weighted by atomic mass is 9.93. The second kappa shape index (κ2) is 11.6. The molecule has 1 fully saturated rings. The number of hydrogen-bond donors (Lipinski definition) is 2. The minimum absolute atomic E-state index is 0.0644. The summed E-state index contributed by atoms with van der Waals surface area (Å²) in [7, 11) is -2.53. The van der Waals surface area contributed by atoms with Gasteiger partial charge in [-0.25, -0.2) is 13.2 Å². The number of carbonyl (C=O) groups excluding carboxylic acids is 3. The number of hydrogen-bond acceptors (Lipinski definition) is 6. The van der Waals surface area contributed by atoms with Crippen LogP contribution in [0.15, 0.2) is 29.2 Å². The van der Waals surface area contributed by atoms with Crippen LogP contribution in [0.4, 0.5) is 0 Å². The Bertz CT molecular complexity index is 939. The van der Waals surface area contributed by atoms with E-state index >= 15 is 0 Å². The molecule has 0 radical (unpaired) electrons. The third-order valence-corrected chi connectivity index (χ3v) is 7.73. The van der Waals surface area contributed by atoms with E-state index in [2.05, 4.69) is 10.0 Å². The summed E-state index contributed by atoms with van der Waals surface area (Å²) >= 11 is 0. The quantitative estimate of drug-likeness (QED) is 0.517. The monoisotopic (exact) mass is 481 g/mol. The summed E-state index contributed by atoms with van der Waals surface area (Å²) < 4.78 is 32.4. The first-order chi connectivity index (χ1) is 15.5. The van der Waals surface area contributed by atoms with Crippen molar-refractivity contribution >= 4 is 27.8 Å². The predicted octanol–water partition coefficient (Wildman–Crippen LogP) is 1.60. The summed E-state index contributed by atoms with van der Waals surface area (Å²) in [6.45, 7) is 7.85. The molecule has 1 heterocycles. The topological polar surface area (TPSA) is 122 Å². The average Bonchev–Trinajstić information content (AvgIpc) is 2.80. The fraction of sp³-hybridized carbons (Fsp3) is 0.609. The lowest BCUT2D eigenvalue weighted by Crippen LogP contribution is -2.52. The smallest absolute Gasteiger partial charge is 0.328 e. The van der Waals surface area contributed by atoms with Crippen LogP contribution < -0.4 is 10.0 Å². The molecule has 3 atom stereocenters. The molecule has 0 unspecified atom stereocenters. The average molecular weight is 482 g/mol. The number of sulfonamides is 1. The van der Waals surface area contributed by atoms with Gasteiger partial charge >= 0.3 is 5.97 Å². The molecule has 0 bridgehead atoms. The molecule has 184 valence electrons. The van der Waals surface area contributed by atoms with E-state index < -0.39 is 28.1 Å². The maximum atomic E-state index is 12.8. The number of likely N-dealkylation sites (tertiary alicyclic amines) is 1. The van der Waals surface area contributed by atoms with Gasteiger partial charge in [0.2, 0.25) is 21.8 Å². The van der Waals surface area contributed by atoms with Gasteiger partial charge in [0, 0.05) is 19.0 Å². The third-order valence-electron chi connectivity index (χ3n) is 6.18. The van der Waals surface area contributed by atoms with Crippen LogP contribution in [0.25, 0.3) is 0 Å². The molecule has 33 heavy (non-hydrogen) atoms. The highest BCUT2D eigenvalue weighted by Crippen LogP contribution is 2.20. The molecule has 2 amide bonds. The first-order valence-corrected chi connectivity index (χ1v) is 12.7. The Morgan fingerprint density at radius 1 is 1.12 bits per heavy atom. The zero-order chi connectivity index (χ0) is 24.8. The molecule has 1 aliphatic rings. The number of esters is 1. The summed E-state index contributed by atoms with van der Waals surface area (Å²) in [5.41, 5.74) is 0.937. The van der Waals surface area contributed by atoms with Gasteiger partial charge in [-0.15, -0.1) is 0 Å². The van der Waals surface area contributed by atoms with Crippen molar-refractivity contribution in [1.82, 2.24) is 14.9 Å².